The van der Waals surface area contributed by atoms with Gasteiger partial charge in [0.2, 0.25) is 20.0 Å². The smallest absolute Gasteiger partial charge is 0.271 e. The minimum absolute atomic E-state index is 0.142. The molecule has 1 saturated heterocycles. The average molecular weight is 571 g/mol. The van der Waals surface area contributed by atoms with Crippen LogP contribution >= 0.6 is 0 Å². The van der Waals surface area contributed by atoms with E-state index in [1.807, 2.05) is 0 Å². The van der Waals surface area contributed by atoms with Crippen molar-refractivity contribution in [2.75, 3.05) is 26.2 Å². The SMILES string of the molecule is CCC(C)(C(C)(C)S(=O)(=O)N1CCN(S(=O)(=O)C(C)(CC)C(C)(C)S(=O)(=O)O)CC1)S(=O)(=O)O. The highest BCUT2D eigenvalue weighted by Gasteiger charge is 2.61. The zero-order valence-electron chi connectivity index (χ0n) is 20.9. The van der Waals surface area contributed by atoms with Gasteiger partial charge in [-0.2, -0.15) is 25.4 Å². The molecule has 0 aliphatic carbocycles. The summed E-state index contributed by atoms with van der Waals surface area (Å²) in [5, 5.41) is 0. The summed E-state index contributed by atoms with van der Waals surface area (Å²) in [6.07, 6.45) is -0.330. The lowest BCUT2D eigenvalue weighted by atomic mass is 9.93. The Hall–Kier alpha value is -0.360. The predicted molar refractivity (Wildman–Crippen MR) is 130 cm³/mol. The summed E-state index contributed by atoms with van der Waals surface area (Å²) in [5.74, 6) is 0. The molecule has 12 nitrogen and oxygen atoms in total. The van der Waals surface area contributed by atoms with Gasteiger partial charge in [-0.1, -0.05) is 13.8 Å². The molecule has 0 aromatic rings. The summed E-state index contributed by atoms with van der Waals surface area (Å²) in [5.41, 5.74) is 0. The van der Waals surface area contributed by atoms with Crippen LogP contribution in [0.15, 0.2) is 0 Å². The van der Waals surface area contributed by atoms with Crippen LogP contribution in [0.1, 0.15) is 68.2 Å². The molecule has 0 saturated carbocycles. The Bertz CT molecular complexity index is 1200. The van der Waals surface area contributed by atoms with Crippen LogP contribution in [0.2, 0.25) is 0 Å². The molecule has 0 bridgehead atoms. The molecule has 204 valence electrons. The maximum absolute atomic E-state index is 13.5. The first-order valence-corrected chi connectivity index (χ1v) is 16.5. The Morgan fingerprint density at radius 1 is 0.559 bits per heavy atom. The molecule has 1 aliphatic rings. The summed E-state index contributed by atoms with van der Waals surface area (Å²) in [7, 11) is -18.2. The summed E-state index contributed by atoms with van der Waals surface area (Å²) < 4.78 is 116. The molecule has 0 aromatic carbocycles. The van der Waals surface area contributed by atoms with E-state index in [-0.39, 0.29) is 39.0 Å². The maximum atomic E-state index is 13.5. The number of piperazine rings is 1. The first-order chi connectivity index (χ1) is 14.8. The lowest BCUT2D eigenvalue weighted by Crippen LogP contribution is -2.65. The van der Waals surface area contributed by atoms with E-state index in [0.717, 1.165) is 29.4 Å². The third kappa shape index (κ3) is 4.46. The number of sulfonamides is 2. The average Bonchev–Trinajstić information content (AvgIpc) is 2.70. The molecule has 0 radical (unpaired) electrons. The summed E-state index contributed by atoms with van der Waals surface area (Å²) in [4.78, 5) is 0. The molecule has 0 aromatic heterocycles. The number of hydrogen-bond acceptors (Lipinski definition) is 8. The van der Waals surface area contributed by atoms with Gasteiger partial charge in [-0.15, -0.1) is 0 Å². The van der Waals surface area contributed by atoms with Crippen LogP contribution in [0.4, 0.5) is 0 Å². The van der Waals surface area contributed by atoms with Gasteiger partial charge in [-0.25, -0.2) is 16.8 Å². The quantitative estimate of drug-likeness (QED) is 0.358. The van der Waals surface area contributed by atoms with Gasteiger partial charge in [0.1, 0.15) is 19.0 Å². The van der Waals surface area contributed by atoms with E-state index < -0.39 is 59.3 Å². The Kier molecular flexibility index (Phi) is 8.56. The molecular weight excluding hydrogens is 532 g/mol. The summed E-state index contributed by atoms with van der Waals surface area (Å²) >= 11 is 0. The highest BCUT2D eigenvalue weighted by molar-refractivity contribution is 7.94. The zero-order chi connectivity index (χ0) is 27.4. The Labute approximate surface area is 204 Å². The van der Waals surface area contributed by atoms with E-state index in [1.165, 1.54) is 34.6 Å². The van der Waals surface area contributed by atoms with Gasteiger partial charge in [-0.05, 0) is 54.4 Å². The second-order valence-corrected chi connectivity index (χ2v) is 18.6. The molecule has 1 rings (SSSR count). The second-order valence-electron chi connectivity index (χ2n) is 9.95. The van der Waals surface area contributed by atoms with Crippen LogP contribution in [0.3, 0.4) is 0 Å². The van der Waals surface area contributed by atoms with Crippen molar-refractivity contribution in [1.29, 1.82) is 0 Å². The lowest BCUT2D eigenvalue weighted by Gasteiger charge is -2.47. The van der Waals surface area contributed by atoms with E-state index >= 15 is 0 Å². The first kappa shape index (κ1) is 31.7. The number of rotatable bonds is 10. The lowest BCUT2D eigenvalue weighted by molar-refractivity contribution is 0.251. The van der Waals surface area contributed by atoms with E-state index in [0.29, 0.717) is 0 Å². The molecule has 2 unspecified atom stereocenters. The van der Waals surface area contributed by atoms with Crippen LogP contribution in [-0.4, -0.2) is 96.6 Å². The van der Waals surface area contributed by atoms with Crippen molar-refractivity contribution in [1.82, 2.24) is 8.61 Å². The molecule has 1 aliphatic heterocycles. The highest BCUT2D eigenvalue weighted by atomic mass is 32.2. The van der Waals surface area contributed by atoms with E-state index in [1.54, 1.807) is 0 Å². The predicted octanol–water partition coefficient (Wildman–Crippen LogP) is 0.934. The Balaban J connectivity index is 3.36. The van der Waals surface area contributed by atoms with Gasteiger partial charge in [0.05, 0.1) is 0 Å². The molecule has 0 amide bonds. The Morgan fingerprint density at radius 3 is 1.15 bits per heavy atom. The van der Waals surface area contributed by atoms with Gasteiger partial charge in [0, 0.05) is 26.2 Å². The van der Waals surface area contributed by atoms with Crippen molar-refractivity contribution in [2.45, 2.75) is 87.2 Å². The first-order valence-electron chi connectivity index (χ1n) is 10.8. The largest absolute Gasteiger partial charge is 0.285 e. The van der Waals surface area contributed by atoms with Crippen molar-refractivity contribution in [3.63, 3.8) is 0 Å². The van der Waals surface area contributed by atoms with Crippen molar-refractivity contribution in [2.24, 2.45) is 0 Å². The summed E-state index contributed by atoms with van der Waals surface area (Å²) in [6, 6.07) is 0. The van der Waals surface area contributed by atoms with Crippen LogP contribution in [-0.2, 0) is 40.3 Å². The monoisotopic (exact) mass is 570 g/mol. The van der Waals surface area contributed by atoms with Crippen molar-refractivity contribution < 1.29 is 42.8 Å². The minimum Gasteiger partial charge on any atom is -0.285 e. The van der Waals surface area contributed by atoms with E-state index in [9.17, 15) is 42.8 Å². The fourth-order valence-corrected chi connectivity index (χ4v) is 11.3. The summed E-state index contributed by atoms with van der Waals surface area (Å²) in [6.45, 7) is 8.72. The van der Waals surface area contributed by atoms with Crippen molar-refractivity contribution in [3.8, 4) is 0 Å². The van der Waals surface area contributed by atoms with E-state index in [4.69, 9.17) is 0 Å². The van der Waals surface area contributed by atoms with Crippen LogP contribution < -0.4 is 0 Å². The third-order valence-corrected chi connectivity index (χ3v) is 17.9. The van der Waals surface area contributed by atoms with Gasteiger partial charge >= 0.3 is 0 Å². The molecule has 0 spiro atoms. The molecule has 1 fully saturated rings. The van der Waals surface area contributed by atoms with Crippen molar-refractivity contribution in [3.05, 3.63) is 0 Å². The molecule has 2 N–H and O–H groups in total. The second kappa shape index (κ2) is 9.19. The fourth-order valence-electron chi connectivity index (χ4n) is 4.14. The van der Waals surface area contributed by atoms with Gasteiger partial charge in [-0.3, -0.25) is 9.11 Å². The molecule has 34 heavy (non-hydrogen) atoms. The van der Waals surface area contributed by atoms with Crippen LogP contribution in [0.25, 0.3) is 0 Å². The third-order valence-electron chi connectivity index (χ3n) is 8.20. The maximum Gasteiger partial charge on any atom is 0.271 e. The topological polar surface area (TPSA) is 183 Å². The number of hydrogen-bond donors (Lipinski definition) is 2. The molecular formula is C18H38N2O10S4. The zero-order valence-corrected chi connectivity index (χ0v) is 24.2. The minimum atomic E-state index is -4.77. The molecule has 2 atom stereocenters. The fraction of sp³-hybridized carbons (Fsp3) is 1.00. The van der Waals surface area contributed by atoms with Gasteiger partial charge in [0.25, 0.3) is 20.2 Å². The van der Waals surface area contributed by atoms with Crippen LogP contribution in [0, 0.1) is 0 Å². The van der Waals surface area contributed by atoms with Crippen molar-refractivity contribution >= 4 is 40.3 Å². The van der Waals surface area contributed by atoms with E-state index in [2.05, 4.69) is 0 Å². The normalized spacial score (nSPS) is 22.2. The van der Waals surface area contributed by atoms with Crippen LogP contribution in [0.5, 0.6) is 0 Å². The van der Waals surface area contributed by atoms with Gasteiger partial charge in [0.15, 0.2) is 0 Å². The highest BCUT2D eigenvalue weighted by Crippen LogP contribution is 2.43. The standard InChI is InChI=1S/C18H38N2O10S4/c1-9-17(7,16(5,6)33(25,26)27)32(23,24)20-13-11-19(12-14-20)31(21,22)15(3,4)18(8,10-2)34(28,29)30/h9-14H2,1-8H3,(H,25,26,27)(H,28,29,30). The van der Waals surface area contributed by atoms with Gasteiger partial charge < -0.3 is 0 Å². The molecule has 1 heterocycles. The Morgan fingerprint density at radius 2 is 0.882 bits per heavy atom. The molecule has 16 heteroatoms. The number of nitrogens with zero attached hydrogens (tertiary/aromatic N) is 2.